The molecule has 0 saturated heterocycles. The van der Waals surface area contributed by atoms with Crippen LogP contribution in [0.25, 0.3) is 0 Å². The summed E-state index contributed by atoms with van der Waals surface area (Å²) in [7, 11) is 0. The second-order valence-corrected chi connectivity index (χ2v) is 4.79. The summed E-state index contributed by atoms with van der Waals surface area (Å²) >= 11 is 0. The Hall–Kier alpha value is -0.260. The molecule has 0 aromatic rings. The third kappa shape index (κ3) is 0.901. The van der Waals surface area contributed by atoms with Gasteiger partial charge in [0, 0.05) is 5.92 Å². The van der Waals surface area contributed by atoms with Gasteiger partial charge in [-0.05, 0) is 43.9 Å². The second-order valence-electron chi connectivity index (χ2n) is 4.79. The van der Waals surface area contributed by atoms with Crippen LogP contribution in [0.1, 0.15) is 45.4 Å². The zero-order valence-electron chi connectivity index (χ0n) is 7.97. The van der Waals surface area contributed by atoms with E-state index in [1.165, 1.54) is 38.5 Å². The van der Waals surface area contributed by atoms with Crippen LogP contribution >= 0.6 is 0 Å². The zero-order valence-corrected chi connectivity index (χ0v) is 7.97. The fraction of sp³-hybridized carbons (Fsp3) is 0.833. The molecule has 0 bridgehead atoms. The summed E-state index contributed by atoms with van der Waals surface area (Å²) in [4.78, 5) is 0. The number of fused-ring (bicyclic) bond motifs is 1. The van der Waals surface area contributed by atoms with Gasteiger partial charge in [-0.3, -0.25) is 0 Å². The van der Waals surface area contributed by atoms with Crippen LogP contribution < -0.4 is 0 Å². The molecule has 0 aromatic heterocycles. The van der Waals surface area contributed by atoms with Crippen molar-refractivity contribution < 1.29 is 0 Å². The Morgan fingerprint density at radius 1 is 1.25 bits per heavy atom. The van der Waals surface area contributed by atoms with Gasteiger partial charge in [0.2, 0.25) is 0 Å². The van der Waals surface area contributed by atoms with Crippen molar-refractivity contribution in [3.63, 3.8) is 0 Å². The van der Waals surface area contributed by atoms with Crippen molar-refractivity contribution in [3.8, 4) is 0 Å². The van der Waals surface area contributed by atoms with Gasteiger partial charge in [-0.25, -0.2) is 0 Å². The van der Waals surface area contributed by atoms with Crippen LogP contribution in [0.2, 0.25) is 0 Å². The van der Waals surface area contributed by atoms with Crippen molar-refractivity contribution in [2.45, 2.75) is 45.4 Å². The topological polar surface area (TPSA) is 0 Å². The molecular formula is C12H18. The predicted octanol–water partition coefficient (Wildman–Crippen LogP) is 3.53. The molecule has 0 nitrogen and oxygen atoms in total. The summed E-state index contributed by atoms with van der Waals surface area (Å²) < 4.78 is 0. The summed E-state index contributed by atoms with van der Waals surface area (Å²) in [6.45, 7) is 2.37. The molecule has 2 atom stereocenters. The summed E-state index contributed by atoms with van der Waals surface area (Å²) in [5, 5.41) is 0. The van der Waals surface area contributed by atoms with Gasteiger partial charge >= 0.3 is 0 Å². The van der Waals surface area contributed by atoms with E-state index in [4.69, 9.17) is 0 Å². The maximum Gasteiger partial charge on any atom is 0.00438 e. The molecule has 2 fully saturated rings. The Labute approximate surface area is 75.0 Å². The molecular weight excluding hydrogens is 144 g/mol. The minimum absolute atomic E-state index is 1.04. The van der Waals surface area contributed by atoms with Crippen LogP contribution in [-0.2, 0) is 0 Å². The lowest BCUT2D eigenvalue weighted by atomic mass is 9.85. The van der Waals surface area contributed by atoms with Gasteiger partial charge in [0.15, 0.2) is 0 Å². The van der Waals surface area contributed by atoms with Crippen LogP contribution in [-0.4, -0.2) is 0 Å². The monoisotopic (exact) mass is 162 g/mol. The minimum Gasteiger partial charge on any atom is -0.0651 e. The Morgan fingerprint density at radius 2 is 2.08 bits per heavy atom. The molecule has 0 aromatic carbocycles. The highest BCUT2D eigenvalue weighted by Crippen LogP contribution is 2.61. The number of hydrogen-bond acceptors (Lipinski definition) is 0. The van der Waals surface area contributed by atoms with Crippen LogP contribution in [0.4, 0.5) is 0 Å². The summed E-state index contributed by atoms with van der Waals surface area (Å²) in [5.41, 5.74) is 3.86. The number of allylic oxidation sites excluding steroid dienone is 2. The van der Waals surface area contributed by atoms with Crippen molar-refractivity contribution in [1.29, 1.82) is 0 Å². The molecule has 0 spiro atoms. The maximum atomic E-state index is 2.37. The molecule has 0 amide bonds. The normalized spacial score (nSPS) is 39.8. The Kier molecular flexibility index (Phi) is 1.42. The highest BCUT2D eigenvalue weighted by molar-refractivity contribution is 5.46. The lowest BCUT2D eigenvalue weighted by Crippen LogP contribution is -2.09. The van der Waals surface area contributed by atoms with E-state index in [-0.39, 0.29) is 0 Å². The molecule has 3 aliphatic carbocycles. The third-order valence-electron chi connectivity index (χ3n) is 4.03. The Balaban J connectivity index is 1.76. The molecule has 3 aliphatic rings. The smallest absolute Gasteiger partial charge is 0.00438 e. The molecule has 0 aliphatic heterocycles. The number of rotatable bonds is 2. The SMILES string of the molecule is CCC1CCCC2=C(C3CC3)C21. The first-order valence-electron chi connectivity index (χ1n) is 5.64. The van der Waals surface area contributed by atoms with E-state index in [2.05, 4.69) is 6.92 Å². The quantitative estimate of drug-likeness (QED) is 0.545. The van der Waals surface area contributed by atoms with Crippen molar-refractivity contribution >= 4 is 0 Å². The van der Waals surface area contributed by atoms with E-state index in [0.717, 1.165) is 17.8 Å². The molecule has 2 unspecified atom stereocenters. The standard InChI is InChI=1S/C12H18/c1-2-8-4-3-5-10-11(8)12(10)9-6-7-9/h8-9,11H,2-7H2,1H3. The van der Waals surface area contributed by atoms with Crippen LogP contribution in [0, 0.1) is 17.8 Å². The van der Waals surface area contributed by atoms with Gasteiger partial charge in [-0.15, -0.1) is 0 Å². The van der Waals surface area contributed by atoms with Gasteiger partial charge in [-0.2, -0.15) is 0 Å². The van der Waals surface area contributed by atoms with Gasteiger partial charge < -0.3 is 0 Å². The first-order valence-corrected chi connectivity index (χ1v) is 5.64. The van der Waals surface area contributed by atoms with E-state index in [9.17, 15) is 0 Å². The molecule has 0 heterocycles. The predicted molar refractivity (Wildman–Crippen MR) is 50.9 cm³/mol. The fourth-order valence-corrected chi connectivity index (χ4v) is 3.22. The lowest BCUT2D eigenvalue weighted by Gasteiger charge is -2.20. The highest BCUT2D eigenvalue weighted by Gasteiger charge is 2.49. The fourth-order valence-electron chi connectivity index (χ4n) is 3.22. The lowest BCUT2D eigenvalue weighted by molar-refractivity contribution is 0.376. The molecule has 66 valence electrons. The first-order chi connectivity index (χ1) is 5.92. The largest absolute Gasteiger partial charge is 0.0651 e. The molecule has 0 radical (unpaired) electrons. The average molecular weight is 162 g/mol. The van der Waals surface area contributed by atoms with Gasteiger partial charge in [-0.1, -0.05) is 24.5 Å². The molecule has 12 heavy (non-hydrogen) atoms. The zero-order chi connectivity index (χ0) is 8.13. The van der Waals surface area contributed by atoms with Crippen molar-refractivity contribution in [2.24, 2.45) is 17.8 Å². The molecule has 0 heteroatoms. The van der Waals surface area contributed by atoms with E-state index in [1.54, 1.807) is 0 Å². The van der Waals surface area contributed by atoms with Gasteiger partial charge in [0.05, 0.1) is 0 Å². The van der Waals surface area contributed by atoms with E-state index >= 15 is 0 Å². The highest BCUT2D eigenvalue weighted by atomic mass is 14.5. The second kappa shape index (κ2) is 2.37. The van der Waals surface area contributed by atoms with Gasteiger partial charge in [0.25, 0.3) is 0 Å². The van der Waals surface area contributed by atoms with Crippen LogP contribution in [0.5, 0.6) is 0 Å². The van der Waals surface area contributed by atoms with Crippen molar-refractivity contribution in [2.75, 3.05) is 0 Å². The summed E-state index contributed by atoms with van der Waals surface area (Å²) in [6, 6.07) is 0. The molecule has 0 N–H and O–H groups in total. The van der Waals surface area contributed by atoms with Gasteiger partial charge in [0.1, 0.15) is 0 Å². The third-order valence-corrected chi connectivity index (χ3v) is 4.03. The summed E-state index contributed by atoms with van der Waals surface area (Å²) in [5.74, 6) is 3.18. The maximum absolute atomic E-state index is 2.37. The Morgan fingerprint density at radius 3 is 2.75 bits per heavy atom. The van der Waals surface area contributed by atoms with Crippen molar-refractivity contribution in [3.05, 3.63) is 11.1 Å². The van der Waals surface area contributed by atoms with E-state index in [1.807, 2.05) is 11.1 Å². The molecule has 2 saturated carbocycles. The van der Waals surface area contributed by atoms with Crippen molar-refractivity contribution in [1.82, 2.24) is 0 Å². The average Bonchev–Trinajstić information content (AvgIpc) is 2.94. The van der Waals surface area contributed by atoms with E-state index < -0.39 is 0 Å². The van der Waals surface area contributed by atoms with E-state index in [0.29, 0.717) is 0 Å². The number of hydrogen-bond donors (Lipinski definition) is 0. The summed E-state index contributed by atoms with van der Waals surface area (Å²) in [6.07, 6.45) is 8.93. The van der Waals surface area contributed by atoms with Crippen LogP contribution in [0.15, 0.2) is 11.1 Å². The first kappa shape index (κ1) is 7.17. The Bertz CT molecular complexity index is 232. The van der Waals surface area contributed by atoms with Crippen LogP contribution in [0.3, 0.4) is 0 Å². The minimum atomic E-state index is 1.04. The molecule has 3 rings (SSSR count).